The maximum atomic E-state index is 12.2. The largest absolute Gasteiger partial charge is 0.398 e. The molecule has 0 atom stereocenters. The van der Waals surface area contributed by atoms with Crippen LogP contribution in [-0.2, 0) is 9.22 Å². The molecule has 0 saturated carbocycles. The van der Waals surface area contributed by atoms with E-state index in [4.69, 9.17) is 4.43 Å². The molecule has 0 bridgehead atoms. The van der Waals surface area contributed by atoms with Gasteiger partial charge in [0.1, 0.15) is 6.61 Å². The fraction of sp³-hybridized carbons (Fsp3) is 0.350. The van der Waals surface area contributed by atoms with Crippen molar-refractivity contribution in [3.05, 3.63) is 60.7 Å². The second-order valence-corrected chi connectivity index (χ2v) is 11.5. The van der Waals surface area contributed by atoms with Gasteiger partial charge >= 0.3 is 0 Å². The first-order valence-electron chi connectivity index (χ1n) is 8.24. The third-order valence-electron chi connectivity index (χ3n) is 4.33. The first-order chi connectivity index (χ1) is 11.3. The van der Waals surface area contributed by atoms with Crippen LogP contribution in [0.15, 0.2) is 60.7 Å². The van der Waals surface area contributed by atoms with E-state index in [1.54, 1.807) is 19.0 Å². The van der Waals surface area contributed by atoms with Gasteiger partial charge in [-0.05, 0) is 15.4 Å². The molecule has 0 heterocycles. The highest BCUT2D eigenvalue weighted by atomic mass is 28.4. The number of carbonyl (C=O) groups excluding carboxylic acids is 1. The van der Waals surface area contributed by atoms with Gasteiger partial charge in [-0.15, -0.1) is 0 Å². The summed E-state index contributed by atoms with van der Waals surface area (Å²) in [5.41, 5.74) is 0. The van der Waals surface area contributed by atoms with E-state index >= 15 is 0 Å². The number of rotatable bonds is 5. The van der Waals surface area contributed by atoms with E-state index in [9.17, 15) is 4.79 Å². The predicted octanol–water partition coefficient (Wildman–Crippen LogP) is 2.65. The van der Waals surface area contributed by atoms with E-state index in [1.165, 1.54) is 10.4 Å². The average Bonchev–Trinajstić information content (AvgIpc) is 2.56. The van der Waals surface area contributed by atoms with Crippen molar-refractivity contribution in [2.24, 2.45) is 0 Å². The zero-order valence-electron chi connectivity index (χ0n) is 15.2. The number of benzene rings is 2. The summed E-state index contributed by atoms with van der Waals surface area (Å²) < 4.78 is 6.54. The molecule has 24 heavy (non-hydrogen) atoms. The lowest BCUT2D eigenvalue weighted by Crippen LogP contribution is -2.67. The summed E-state index contributed by atoms with van der Waals surface area (Å²) in [7, 11) is 0.916. The van der Waals surface area contributed by atoms with Crippen molar-refractivity contribution >= 4 is 24.6 Å². The van der Waals surface area contributed by atoms with Gasteiger partial charge in [-0.1, -0.05) is 81.4 Å². The maximum absolute atomic E-state index is 12.2. The summed E-state index contributed by atoms with van der Waals surface area (Å²) in [5.74, 6) is -0.0111. The van der Waals surface area contributed by atoms with Crippen LogP contribution in [0.5, 0.6) is 0 Å². The Morgan fingerprint density at radius 1 is 0.917 bits per heavy atom. The van der Waals surface area contributed by atoms with Crippen molar-refractivity contribution in [1.29, 1.82) is 0 Å². The second-order valence-electron chi connectivity index (χ2n) is 7.24. The highest BCUT2D eigenvalue weighted by Gasteiger charge is 2.50. The van der Waals surface area contributed by atoms with Gasteiger partial charge in [0.2, 0.25) is 5.91 Å². The van der Waals surface area contributed by atoms with Gasteiger partial charge in [0.25, 0.3) is 8.32 Å². The molecule has 0 aromatic heterocycles. The van der Waals surface area contributed by atoms with Gasteiger partial charge in [-0.3, -0.25) is 4.79 Å². The van der Waals surface area contributed by atoms with Crippen LogP contribution in [0.1, 0.15) is 20.8 Å². The van der Waals surface area contributed by atoms with E-state index in [-0.39, 0.29) is 17.6 Å². The third kappa shape index (κ3) is 3.60. The quantitative estimate of drug-likeness (QED) is 0.783. The molecule has 0 aliphatic heterocycles. The molecule has 2 aromatic carbocycles. The summed E-state index contributed by atoms with van der Waals surface area (Å²) in [6.07, 6.45) is 0. The standard InChI is InChI=1S/C20H27NO2Si/c1-20(2,3)24(17-12-8-6-9-13-17,18-14-10-7-11-15-18)23-16-19(22)21(4)5/h6-15H,16H2,1-5H3. The van der Waals surface area contributed by atoms with Gasteiger partial charge < -0.3 is 9.33 Å². The average molecular weight is 342 g/mol. The SMILES string of the molecule is CN(C)C(=O)CO[Si](c1ccccc1)(c1ccccc1)C(C)(C)C. The van der Waals surface area contributed by atoms with Gasteiger partial charge in [0, 0.05) is 14.1 Å². The minimum Gasteiger partial charge on any atom is -0.398 e. The minimum absolute atomic E-state index is 0.0111. The van der Waals surface area contributed by atoms with Crippen LogP contribution in [0, 0.1) is 0 Å². The lowest BCUT2D eigenvalue weighted by atomic mass is 10.2. The van der Waals surface area contributed by atoms with Crippen LogP contribution in [-0.4, -0.2) is 39.8 Å². The molecule has 2 aromatic rings. The molecule has 128 valence electrons. The Morgan fingerprint density at radius 3 is 1.67 bits per heavy atom. The predicted molar refractivity (Wildman–Crippen MR) is 102 cm³/mol. The molecule has 1 amide bonds. The molecule has 2 rings (SSSR count). The Labute approximate surface area is 146 Å². The topological polar surface area (TPSA) is 29.5 Å². The highest BCUT2D eigenvalue weighted by molar-refractivity contribution is 6.99. The monoisotopic (exact) mass is 341 g/mol. The Bertz CT molecular complexity index is 624. The molecule has 0 unspecified atom stereocenters. The molecule has 0 aliphatic carbocycles. The number of amides is 1. The molecule has 3 nitrogen and oxygen atoms in total. The van der Waals surface area contributed by atoms with Crippen LogP contribution < -0.4 is 10.4 Å². The van der Waals surface area contributed by atoms with Crippen molar-refractivity contribution in [1.82, 2.24) is 4.90 Å². The smallest absolute Gasteiger partial charge is 0.261 e. The molecule has 0 fully saturated rings. The van der Waals surface area contributed by atoms with Crippen LogP contribution >= 0.6 is 0 Å². The van der Waals surface area contributed by atoms with Crippen LogP contribution in [0.2, 0.25) is 5.04 Å². The van der Waals surface area contributed by atoms with Crippen molar-refractivity contribution in [3.8, 4) is 0 Å². The molecular weight excluding hydrogens is 314 g/mol. The molecule has 0 radical (unpaired) electrons. The Kier molecular flexibility index (Phi) is 5.62. The molecule has 0 aliphatic rings. The lowest BCUT2D eigenvalue weighted by molar-refractivity contribution is -0.131. The lowest BCUT2D eigenvalue weighted by Gasteiger charge is -2.43. The number of carbonyl (C=O) groups is 1. The van der Waals surface area contributed by atoms with Gasteiger partial charge in [-0.2, -0.15) is 0 Å². The summed E-state index contributed by atoms with van der Waals surface area (Å²) >= 11 is 0. The fourth-order valence-corrected chi connectivity index (χ4v) is 7.56. The Morgan fingerprint density at radius 2 is 1.33 bits per heavy atom. The fourth-order valence-electron chi connectivity index (χ4n) is 3.06. The number of nitrogens with zero attached hydrogens (tertiary/aromatic N) is 1. The first kappa shape index (κ1) is 18.4. The van der Waals surface area contributed by atoms with E-state index in [2.05, 4.69) is 45.0 Å². The maximum Gasteiger partial charge on any atom is 0.261 e. The molecule has 4 heteroatoms. The van der Waals surface area contributed by atoms with Crippen molar-refractivity contribution in [2.75, 3.05) is 20.7 Å². The zero-order chi connectivity index (χ0) is 17.8. The first-order valence-corrected chi connectivity index (χ1v) is 10.1. The van der Waals surface area contributed by atoms with E-state index in [0.29, 0.717) is 0 Å². The number of likely N-dealkylation sites (N-methyl/N-ethyl adjacent to an activating group) is 1. The van der Waals surface area contributed by atoms with E-state index < -0.39 is 8.32 Å². The van der Waals surface area contributed by atoms with E-state index in [1.807, 2.05) is 36.4 Å². The molecular formula is C20H27NO2Si. The second kappa shape index (κ2) is 7.32. The summed E-state index contributed by atoms with van der Waals surface area (Å²) in [5, 5.41) is 2.27. The number of hydrogen-bond acceptors (Lipinski definition) is 2. The van der Waals surface area contributed by atoms with Crippen molar-refractivity contribution in [3.63, 3.8) is 0 Å². The zero-order valence-corrected chi connectivity index (χ0v) is 16.2. The van der Waals surface area contributed by atoms with Crippen LogP contribution in [0.25, 0.3) is 0 Å². The summed E-state index contributed by atoms with van der Waals surface area (Å²) in [6.45, 7) is 6.72. The van der Waals surface area contributed by atoms with Gasteiger partial charge in [0.05, 0.1) is 0 Å². The van der Waals surface area contributed by atoms with Gasteiger partial charge in [-0.25, -0.2) is 0 Å². The normalized spacial score (nSPS) is 12.0. The summed E-state index contributed by atoms with van der Waals surface area (Å²) in [4.78, 5) is 13.8. The summed E-state index contributed by atoms with van der Waals surface area (Å²) in [6, 6.07) is 20.7. The molecule has 0 spiro atoms. The molecule has 0 saturated heterocycles. The number of hydrogen-bond donors (Lipinski definition) is 0. The highest BCUT2D eigenvalue weighted by Crippen LogP contribution is 2.36. The Balaban J connectivity index is 2.59. The van der Waals surface area contributed by atoms with Gasteiger partial charge in [0.15, 0.2) is 0 Å². The minimum atomic E-state index is -2.61. The molecule has 0 N–H and O–H groups in total. The van der Waals surface area contributed by atoms with Crippen molar-refractivity contribution in [2.45, 2.75) is 25.8 Å². The van der Waals surface area contributed by atoms with Crippen molar-refractivity contribution < 1.29 is 9.22 Å². The van der Waals surface area contributed by atoms with Crippen LogP contribution in [0.4, 0.5) is 0 Å². The third-order valence-corrected chi connectivity index (χ3v) is 9.31. The van der Waals surface area contributed by atoms with Crippen LogP contribution in [0.3, 0.4) is 0 Å². The Hall–Kier alpha value is -1.91. The van der Waals surface area contributed by atoms with E-state index in [0.717, 1.165) is 0 Å².